The molecule has 230 valence electrons. The summed E-state index contributed by atoms with van der Waals surface area (Å²) in [6.07, 6.45) is 0.729. The van der Waals surface area contributed by atoms with Gasteiger partial charge in [-0.15, -0.1) is 22.7 Å². The number of rotatable bonds is 6. The average molecular weight is 666 g/mol. The number of aromatic nitrogens is 1. The van der Waals surface area contributed by atoms with Crippen LogP contribution < -0.4 is 0 Å². The van der Waals surface area contributed by atoms with Gasteiger partial charge in [-0.05, 0) is 26.1 Å². The number of thiophene rings is 1. The summed E-state index contributed by atoms with van der Waals surface area (Å²) < 4.78 is 35.5. The first-order chi connectivity index (χ1) is 20.5. The molecule has 15 heteroatoms. The number of halogens is 1. The maximum absolute atomic E-state index is 14.1. The average Bonchev–Trinajstić information content (AvgIpc) is 3.59. The van der Waals surface area contributed by atoms with E-state index in [1.54, 1.807) is 28.0 Å². The van der Waals surface area contributed by atoms with Crippen molar-refractivity contribution in [2.75, 3.05) is 59.5 Å². The number of ether oxygens (including phenoxy) is 1. The van der Waals surface area contributed by atoms with Gasteiger partial charge in [-0.25, -0.2) is 13.4 Å². The minimum atomic E-state index is -4.14. The van der Waals surface area contributed by atoms with E-state index in [4.69, 9.17) is 16.3 Å². The van der Waals surface area contributed by atoms with E-state index < -0.39 is 16.1 Å². The molecule has 3 aromatic rings. The Hall–Kier alpha value is -2.46. The Balaban J connectivity index is 1.31. The molecule has 0 spiro atoms. The van der Waals surface area contributed by atoms with Gasteiger partial charge >= 0.3 is 0 Å². The molecule has 2 aromatic heterocycles. The first kappa shape index (κ1) is 30.6. The number of morpholine rings is 1. The number of Topliss-reactive ketones (excluding diaryl/α,β-unsaturated/α-hetero) is 1. The summed E-state index contributed by atoms with van der Waals surface area (Å²) in [7, 11) is -2.11. The minimum absolute atomic E-state index is 0.0243. The lowest BCUT2D eigenvalue weighted by molar-refractivity contribution is -0.136. The maximum atomic E-state index is 14.1. The SMILES string of the molecule is CC(=O)c1c(S(=O)(=O)N2CCN(C(=O)c3nc4c(s3)CN(C)CC4)C(CC(=O)N3CCOCC3)C2)sc2cc(Cl)ccc12. The molecule has 0 radical (unpaired) electrons. The number of fused-ring (bicyclic) bond motifs is 2. The standard InChI is InChI=1S/C28H32ClN5O6S3/c1-17(35)25-20-4-3-18(29)13-22(20)42-28(25)43(38,39)33-7-8-34(19(15-33)14-24(36)32-9-11-40-12-10-32)27(37)26-30-21-5-6-31(2)16-23(21)41-26/h3-4,13,19H,5-12,14-16H2,1-2H3. The van der Waals surface area contributed by atoms with Crippen molar-refractivity contribution in [2.24, 2.45) is 0 Å². The van der Waals surface area contributed by atoms with Crippen molar-refractivity contribution >= 4 is 72.0 Å². The van der Waals surface area contributed by atoms with Crippen LogP contribution in [0.25, 0.3) is 10.1 Å². The third-order valence-electron chi connectivity index (χ3n) is 8.13. The van der Waals surface area contributed by atoms with Crippen LogP contribution in [0.5, 0.6) is 0 Å². The Morgan fingerprint density at radius 1 is 1.09 bits per heavy atom. The Bertz CT molecular complexity index is 1700. The van der Waals surface area contributed by atoms with E-state index in [9.17, 15) is 22.8 Å². The lowest BCUT2D eigenvalue weighted by Crippen LogP contribution is -2.58. The van der Waals surface area contributed by atoms with Gasteiger partial charge in [-0.2, -0.15) is 4.31 Å². The molecule has 1 unspecified atom stereocenters. The van der Waals surface area contributed by atoms with Crippen molar-refractivity contribution in [3.8, 4) is 0 Å². The first-order valence-electron chi connectivity index (χ1n) is 14.1. The Morgan fingerprint density at radius 3 is 2.60 bits per heavy atom. The molecule has 5 heterocycles. The van der Waals surface area contributed by atoms with Crippen LogP contribution in [0, 0.1) is 0 Å². The van der Waals surface area contributed by atoms with E-state index in [-0.39, 0.29) is 53.4 Å². The van der Waals surface area contributed by atoms with Crippen LogP contribution in [0.15, 0.2) is 22.4 Å². The molecule has 1 aromatic carbocycles. The molecule has 11 nitrogen and oxygen atoms in total. The molecule has 0 N–H and O–H groups in total. The van der Waals surface area contributed by atoms with Crippen molar-refractivity contribution in [1.29, 1.82) is 0 Å². The number of likely N-dealkylation sites (N-methyl/N-ethyl adjacent to an activating group) is 1. The summed E-state index contributed by atoms with van der Waals surface area (Å²) in [5, 5.41) is 1.34. The zero-order valence-electron chi connectivity index (χ0n) is 23.9. The van der Waals surface area contributed by atoms with Crippen LogP contribution >= 0.6 is 34.3 Å². The van der Waals surface area contributed by atoms with Crippen LogP contribution in [0.1, 0.15) is 44.1 Å². The van der Waals surface area contributed by atoms with Gasteiger partial charge in [0.15, 0.2) is 10.8 Å². The normalized spacial score (nSPS) is 20.4. The topological polar surface area (TPSA) is 120 Å². The number of amides is 2. The zero-order valence-corrected chi connectivity index (χ0v) is 27.1. The predicted molar refractivity (Wildman–Crippen MR) is 165 cm³/mol. The van der Waals surface area contributed by atoms with Crippen molar-refractivity contribution in [2.45, 2.75) is 36.6 Å². The van der Waals surface area contributed by atoms with Gasteiger partial charge in [0.1, 0.15) is 4.21 Å². The maximum Gasteiger partial charge on any atom is 0.283 e. The van der Waals surface area contributed by atoms with Gasteiger partial charge < -0.3 is 19.4 Å². The van der Waals surface area contributed by atoms with Gasteiger partial charge in [0.05, 0.1) is 30.5 Å². The number of hydrogen-bond donors (Lipinski definition) is 0. The minimum Gasteiger partial charge on any atom is -0.378 e. The number of ketones is 1. The van der Waals surface area contributed by atoms with Crippen molar-refractivity contribution in [1.82, 2.24) is 24.0 Å². The monoisotopic (exact) mass is 665 g/mol. The molecule has 0 saturated carbocycles. The van der Waals surface area contributed by atoms with Gasteiger partial charge in [-0.3, -0.25) is 14.4 Å². The molecular weight excluding hydrogens is 634 g/mol. The molecular formula is C28H32ClN5O6S3. The highest BCUT2D eigenvalue weighted by atomic mass is 35.5. The predicted octanol–water partition coefficient (Wildman–Crippen LogP) is 2.97. The van der Waals surface area contributed by atoms with Crippen LogP contribution in [0.2, 0.25) is 5.02 Å². The van der Waals surface area contributed by atoms with E-state index in [1.165, 1.54) is 22.6 Å². The zero-order chi connectivity index (χ0) is 30.5. The molecule has 43 heavy (non-hydrogen) atoms. The summed E-state index contributed by atoms with van der Waals surface area (Å²) >= 11 is 8.54. The fraction of sp³-hybridized carbons (Fsp3) is 0.500. The second kappa shape index (κ2) is 12.1. The summed E-state index contributed by atoms with van der Waals surface area (Å²) in [4.78, 5) is 51.2. The van der Waals surface area contributed by atoms with Gasteiger partial charge in [0, 0.05) is 78.6 Å². The highest BCUT2D eigenvalue weighted by Crippen LogP contribution is 2.39. The molecule has 1 atom stereocenters. The highest BCUT2D eigenvalue weighted by Gasteiger charge is 2.41. The fourth-order valence-electron chi connectivity index (χ4n) is 5.85. The number of nitrogens with zero attached hydrogens (tertiary/aromatic N) is 5. The van der Waals surface area contributed by atoms with Crippen molar-refractivity contribution < 1.29 is 27.5 Å². The van der Waals surface area contributed by atoms with Crippen molar-refractivity contribution in [3.63, 3.8) is 0 Å². The smallest absolute Gasteiger partial charge is 0.283 e. The largest absolute Gasteiger partial charge is 0.378 e. The van der Waals surface area contributed by atoms with Crippen LogP contribution in [0.3, 0.4) is 0 Å². The summed E-state index contributed by atoms with van der Waals surface area (Å²) in [5.74, 6) is -0.815. The second-order valence-corrected chi connectivity index (χ2v) is 15.8. The molecule has 2 saturated heterocycles. The lowest BCUT2D eigenvalue weighted by atomic mass is 10.1. The number of thiazole rings is 1. The highest BCUT2D eigenvalue weighted by molar-refractivity contribution is 7.91. The number of carbonyl (C=O) groups is 3. The Kier molecular flexibility index (Phi) is 8.63. The summed E-state index contributed by atoms with van der Waals surface area (Å²) in [6.45, 7) is 4.73. The molecule has 0 aliphatic carbocycles. The number of benzene rings is 1. The van der Waals surface area contributed by atoms with E-state index >= 15 is 0 Å². The summed E-state index contributed by atoms with van der Waals surface area (Å²) in [5.41, 5.74) is 1.06. The third kappa shape index (κ3) is 5.98. The van der Waals surface area contributed by atoms with E-state index in [0.717, 1.165) is 41.4 Å². The first-order valence-corrected chi connectivity index (χ1v) is 17.5. The second-order valence-electron chi connectivity index (χ2n) is 11.1. The van der Waals surface area contributed by atoms with E-state index in [2.05, 4.69) is 9.88 Å². The number of carbonyl (C=O) groups excluding carboxylic acids is 3. The molecule has 2 amide bonds. The quantitative estimate of drug-likeness (QED) is 0.369. The van der Waals surface area contributed by atoms with E-state index in [1.807, 2.05) is 7.05 Å². The third-order valence-corrected chi connectivity index (χ3v) is 13.0. The summed E-state index contributed by atoms with van der Waals surface area (Å²) in [6, 6.07) is 4.24. The molecule has 0 bridgehead atoms. The molecule has 6 rings (SSSR count). The van der Waals surface area contributed by atoms with Crippen LogP contribution in [0.4, 0.5) is 0 Å². The van der Waals surface area contributed by atoms with Crippen molar-refractivity contribution in [3.05, 3.63) is 44.4 Å². The number of piperazine rings is 1. The van der Waals surface area contributed by atoms with E-state index in [0.29, 0.717) is 46.4 Å². The van der Waals surface area contributed by atoms with Gasteiger partial charge in [-0.1, -0.05) is 17.7 Å². The molecule has 2 fully saturated rings. The Morgan fingerprint density at radius 2 is 1.86 bits per heavy atom. The molecule has 3 aliphatic heterocycles. The lowest BCUT2D eigenvalue weighted by Gasteiger charge is -2.41. The number of sulfonamides is 1. The van der Waals surface area contributed by atoms with Gasteiger partial charge in [0.2, 0.25) is 5.91 Å². The fourth-order valence-corrected chi connectivity index (χ4v) is 10.7. The Labute approximate surface area is 263 Å². The number of hydrogen-bond acceptors (Lipinski definition) is 10. The molecule has 3 aliphatic rings. The van der Waals surface area contributed by atoms with Crippen LogP contribution in [-0.4, -0.2) is 116 Å². The van der Waals surface area contributed by atoms with Gasteiger partial charge in [0.25, 0.3) is 15.9 Å². The van der Waals surface area contributed by atoms with Crippen LogP contribution in [-0.2, 0) is 32.5 Å².